The third kappa shape index (κ3) is 2.93. The van der Waals surface area contributed by atoms with Gasteiger partial charge in [0.1, 0.15) is 0 Å². The lowest BCUT2D eigenvalue weighted by atomic mass is 10.0. The lowest BCUT2D eigenvalue weighted by molar-refractivity contribution is 0.107. The van der Waals surface area contributed by atoms with Gasteiger partial charge >= 0.3 is 6.03 Å². The molecule has 19 heavy (non-hydrogen) atoms. The molecular formula is C12H15N5OS. The molecule has 0 atom stereocenters. The molecule has 1 saturated heterocycles. The minimum Gasteiger partial charge on any atom is -0.333 e. The van der Waals surface area contributed by atoms with Crippen LogP contribution in [0.3, 0.4) is 0 Å². The van der Waals surface area contributed by atoms with E-state index in [4.69, 9.17) is 0 Å². The van der Waals surface area contributed by atoms with E-state index in [0.29, 0.717) is 12.5 Å². The Morgan fingerprint density at radius 1 is 1.53 bits per heavy atom. The first-order chi connectivity index (χ1) is 9.31. The lowest BCUT2D eigenvalue weighted by Crippen LogP contribution is -2.54. The average Bonchev–Trinajstić information content (AvgIpc) is 3.03. The molecule has 0 saturated carbocycles. The molecule has 0 radical (unpaired) electrons. The van der Waals surface area contributed by atoms with Crippen molar-refractivity contribution in [3.8, 4) is 0 Å². The number of rotatable bonds is 4. The van der Waals surface area contributed by atoms with Crippen molar-refractivity contribution in [1.29, 1.82) is 0 Å². The molecule has 1 fully saturated rings. The van der Waals surface area contributed by atoms with Gasteiger partial charge in [0.05, 0.1) is 12.7 Å². The Kier molecular flexibility index (Phi) is 3.45. The van der Waals surface area contributed by atoms with Crippen molar-refractivity contribution in [3.63, 3.8) is 0 Å². The summed E-state index contributed by atoms with van der Waals surface area (Å²) in [6, 6.07) is 4.03. The largest absolute Gasteiger partial charge is 0.333 e. The van der Waals surface area contributed by atoms with Gasteiger partial charge in [-0.15, -0.1) is 16.4 Å². The van der Waals surface area contributed by atoms with Crippen molar-refractivity contribution in [2.75, 3.05) is 13.1 Å². The molecule has 2 aromatic heterocycles. The van der Waals surface area contributed by atoms with Crippen molar-refractivity contribution < 1.29 is 4.79 Å². The van der Waals surface area contributed by atoms with Crippen LogP contribution < -0.4 is 5.32 Å². The first-order valence-electron chi connectivity index (χ1n) is 6.20. The third-order valence-corrected chi connectivity index (χ3v) is 4.03. The SMILES string of the molecule is O=C(NCc1cccs1)N1CC(Cn2ccnn2)C1. The number of urea groups is 1. The van der Waals surface area contributed by atoms with E-state index in [0.717, 1.165) is 19.6 Å². The summed E-state index contributed by atoms with van der Waals surface area (Å²) in [6.45, 7) is 3.02. The number of nitrogens with zero attached hydrogens (tertiary/aromatic N) is 4. The fourth-order valence-corrected chi connectivity index (χ4v) is 2.78. The Bertz CT molecular complexity index is 518. The van der Waals surface area contributed by atoms with Crippen LogP contribution in [0.5, 0.6) is 0 Å². The van der Waals surface area contributed by atoms with Crippen LogP contribution >= 0.6 is 11.3 Å². The number of nitrogens with one attached hydrogen (secondary N) is 1. The molecule has 1 N–H and O–H groups in total. The molecule has 0 unspecified atom stereocenters. The van der Waals surface area contributed by atoms with E-state index in [9.17, 15) is 4.79 Å². The predicted octanol–water partition coefficient (Wildman–Crippen LogP) is 1.18. The number of amides is 2. The molecule has 0 bridgehead atoms. The van der Waals surface area contributed by atoms with Crippen molar-refractivity contribution in [2.45, 2.75) is 13.1 Å². The molecule has 0 spiro atoms. The summed E-state index contributed by atoms with van der Waals surface area (Å²) in [5, 5.41) is 12.6. The zero-order valence-corrected chi connectivity index (χ0v) is 11.2. The van der Waals surface area contributed by atoms with Gasteiger partial charge in [0.2, 0.25) is 0 Å². The first kappa shape index (κ1) is 12.2. The molecule has 0 aliphatic carbocycles. The number of carbonyl (C=O) groups excluding carboxylic acids is 1. The Morgan fingerprint density at radius 2 is 2.42 bits per heavy atom. The Labute approximate surface area is 115 Å². The number of likely N-dealkylation sites (tertiary alicyclic amines) is 1. The molecule has 2 amide bonds. The maximum Gasteiger partial charge on any atom is 0.317 e. The van der Waals surface area contributed by atoms with Gasteiger partial charge < -0.3 is 10.2 Å². The number of hydrogen-bond donors (Lipinski definition) is 1. The highest BCUT2D eigenvalue weighted by molar-refractivity contribution is 7.09. The molecule has 7 heteroatoms. The zero-order valence-electron chi connectivity index (χ0n) is 10.4. The molecule has 2 aromatic rings. The molecule has 3 rings (SSSR count). The number of carbonyl (C=O) groups is 1. The maximum atomic E-state index is 11.9. The molecule has 0 aromatic carbocycles. The molecule has 3 heterocycles. The fourth-order valence-electron chi connectivity index (χ4n) is 2.13. The van der Waals surface area contributed by atoms with Crippen LogP contribution in [-0.4, -0.2) is 39.0 Å². The van der Waals surface area contributed by atoms with E-state index < -0.39 is 0 Å². The summed E-state index contributed by atoms with van der Waals surface area (Å²) in [6.07, 6.45) is 3.52. The summed E-state index contributed by atoms with van der Waals surface area (Å²) >= 11 is 1.65. The smallest absolute Gasteiger partial charge is 0.317 e. The normalized spacial score (nSPS) is 15.3. The highest BCUT2D eigenvalue weighted by Gasteiger charge is 2.30. The second-order valence-electron chi connectivity index (χ2n) is 4.63. The Balaban J connectivity index is 1.39. The van der Waals surface area contributed by atoms with Crippen molar-refractivity contribution in [3.05, 3.63) is 34.8 Å². The maximum absolute atomic E-state index is 11.9. The van der Waals surface area contributed by atoms with E-state index in [1.54, 1.807) is 17.5 Å². The monoisotopic (exact) mass is 277 g/mol. The Hall–Kier alpha value is -1.89. The summed E-state index contributed by atoms with van der Waals surface area (Å²) in [4.78, 5) is 14.9. The highest BCUT2D eigenvalue weighted by Crippen LogP contribution is 2.17. The molecular weight excluding hydrogens is 262 g/mol. The van der Waals surface area contributed by atoms with Gasteiger partial charge in [0.25, 0.3) is 0 Å². The molecule has 1 aliphatic rings. The van der Waals surface area contributed by atoms with E-state index in [-0.39, 0.29) is 6.03 Å². The van der Waals surface area contributed by atoms with Gasteiger partial charge in [-0.2, -0.15) is 0 Å². The minimum absolute atomic E-state index is 0.0169. The van der Waals surface area contributed by atoms with Crippen LogP contribution in [0.1, 0.15) is 4.88 Å². The second kappa shape index (κ2) is 5.40. The highest BCUT2D eigenvalue weighted by atomic mass is 32.1. The first-order valence-corrected chi connectivity index (χ1v) is 7.08. The molecule has 1 aliphatic heterocycles. The van der Waals surface area contributed by atoms with Crippen LogP contribution in [0, 0.1) is 5.92 Å². The van der Waals surface area contributed by atoms with E-state index in [1.165, 1.54) is 4.88 Å². The van der Waals surface area contributed by atoms with Crippen LogP contribution in [0.25, 0.3) is 0 Å². The van der Waals surface area contributed by atoms with Crippen molar-refractivity contribution >= 4 is 17.4 Å². The van der Waals surface area contributed by atoms with Crippen LogP contribution in [0.4, 0.5) is 4.79 Å². The summed E-state index contributed by atoms with van der Waals surface area (Å²) in [7, 11) is 0. The van der Waals surface area contributed by atoms with Gasteiger partial charge in [0, 0.05) is 36.6 Å². The quantitative estimate of drug-likeness (QED) is 0.913. The average molecular weight is 277 g/mol. The Morgan fingerprint density at radius 3 is 3.11 bits per heavy atom. The predicted molar refractivity (Wildman–Crippen MR) is 71.6 cm³/mol. The summed E-state index contributed by atoms with van der Waals surface area (Å²) in [5.74, 6) is 0.481. The van der Waals surface area contributed by atoms with Crippen molar-refractivity contribution in [1.82, 2.24) is 25.2 Å². The van der Waals surface area contributed by atoms with Crippen LogP contribution in [-0.2, 0) is 13.1 Å². The van der Waals surface area contributed by atoms with E-state index in [1.807, 2.05) is 33.3 Å². The summed E-state index contributed by atoms with van der Waals surface area (Å²) < 4.78 is 1.81. The van der Waals surface area contributed by atoms with Gasteiger partial charge in [-0.1, -0.05) is 11.3 Å². The standard InChI is InChI=1S/C12H15N5OS/c18-12(13-6-11-2-1-5-19-11)16-7-10(8-16)9-17-4-3-14-15-17/h1-5,10H,6-9H2,(H,13,18). The van der Waals surface area contributed by atoms with Crippen LogP contribution in [0.2, 0.25) is 0 Å². The van der Waals surface area contributed by atoms with Crippen molar-refractivity contribution in [2.24, 2.45) is 5.92 Å². The van der Waals surface area contributed by atoms with E-state index >= 15 is 0 Å². The van der Waals surface area contributed by atoms with Gasteiger partial charge in [-0.3, -0.25) is 4.68 Å². The number of hydrogen-bond acceptors (Lipinski definition) is 4. The van der Waals surface area contributed by atoms with Gasteiger partial charge in [-0.05, 0) is 11.4 Å². The van der Waals surface area contributed by atoms with Crippen LogP contribution in [0.15, 0.2) is 29.9 Å². The van der Waals surface area contributed by atoms with Gasteiger partial charge in [0.15, 0.2) is 0 Å². The second-order valence-corrected chi connectivity index (χ2v) is 5.67. The summed E-state index contributed by atoms with van der Waals surface area (Å²) in [5.41, 5.74) is 0. The fraction of sp³-hybridized carbons (Fsp3) is 0.417. The van der Waals surface area contributed by atoms with Gasteiger partial charge in [-0.25, -0.2) is 4.79 Å². The third-order valence-electron chi connectivity index (χ3n) is 3.16. The molecule has 100 valence electrons. The minimum atomic E-state index is 0.0169. The van der Waals surface area contributed by atoms with E-state index in [2.05, 4.69) is 15.6 Å². The number of thiophene rings is 1. The topological polar surface area (TPSA) is 63.1 Å². The number of aromatic nitrogens is 3. The molecule has 6 nitrogen and oxygen atoms in total. The lowest BCUT2D eigenvalue weighted by Gasteiger charge is -2.38. The zero-order chi connectivity index (χ0) is 13.1.